The highest BCUT2D eigenvalue weighted by Crippen LogP contribution is 2.21. The number of benzene rings is 2. The SMILES string of the molecule is COC[C@@H](C)NC1CCN(c2ccc(CC(=O)NCCc3cccc(F)c3)cc2)CC1. The molecule has 0 aromatic heterocycles. The maximum absolute atomic E-state index is 13.2. The number of carbonyl (C=O) groups excluding carboxylic acids is 1. The summed E-state index contributed by atoms with van der Waals surface area (Å²) in [7, 11) is 1.74. The molecule has 0 bridgehead atoms. The first kappa shape index (κ1) is 23.2. The number of nitrogens with zero attached hydrogens (tertiary/aromatic N) is 1. The lowest BCUT2D eigenvalue weighted by atomic mass is 10.0. The molecule has 1 aliphatic heterocycles. The Morgan fingerprint density at radius 1 is 1.16 bits per heavy atom. The van der Waals surface area contributed by atoms with Crippen molar-refractivity contribution in [1.29, 1.82) is 0 Å². The molecule has 3 rings (SSSR count). The summed E-state index contributed by atoms with van der Waals surface area (Å²) in [5.41, 5.74) is 3.09. The zero-order valence-electron chi connectivity index (χ0n) is 18.6. The minimum Gasteiger partial charge on any atom is -0.383 e. The first-order chi connectivity index (χ1) is 15.0. The fourth-order valence-electron chi connectivity index (χ4n) is 4.12. The molecule has 6 heteroatoms. The summed E-state index contributed by atoms with van der Waals surface area (Å²) in [4.78, 5) is 14.6. The standard InChI is InChI=1S/C25H34FN3O2/c1-19(18-31-2)28-23-11-14-29(15-12-23)24-8-6-21(7-9-24)17-25(30)27-13-10-20-4-3-5-22(26)16-20/h3-9,16,19,23,28H,10-15,17-18H2,1-2H3,(H,27,30)/t19-/m1/s1. The van der Waals surface area contributed by atoms with Crippen molar-refractivity contribution in [2.24, 2.45) is 0 Å². The van der Waals surface area contributed by atoms with Crippen LogP contribution in [0.5, 0.6) is 0 Å². The Hall–Kier alpha value is -2.44. The molecule has 168 valence electrons. The van der Waals surface area contributed by atoms with Gasteiger partial charge < -0.3 is 20.3 Å². The van der Waals surface area contributed by atoms with Crippen molar-refractivity contribution in [1.82, 2.24) is 10.6 Å². The van der Waals surface area contributed by atoms with Crippen LogP contribution in [0.25, 0.3) is 0 Å². The molecule has 2 N–H and O–H groups in total. The smallest absolute Gasteiger partial charge is 0.224 e. The third kappa shape index (κ3) is 7.64. The minimum absolute atomic E-state index is 0.0128. The van der Waals surface area contributed by atoms with Crippen LogP contribution in [-0.2, 0) is 22.4 Å². The van der Waals surface area contributed by atoms with Gasteiger partial charge in [-0.1, -0.05) is 24.3 Å². The van der Waals surface area contributed by atoms with Gasteiger partial charge in [-0.3, -0.25) is 4.79 Å². The number of hydrogen-bond donors (Lipinski definition) is 2. The van der Waals surface area contributed by atoms with E-state index in [4.69, 9.17) is 4.74 Å². The molecular weight excluding hydrogens is 393 g/mol. The molecular formula is C25H34FN3O2. The molecule has 1 amide bonds. The van der Waals surface area contributed by atoms with E-state index in [-0.39, 0.29) is 11.7 Å². The molecule has 0 spiro atoms. The quantitative estimate of drug-likeness (QED) is 0.611. The van der Waals surface area contributed by atoms with Gasteiger partial charge in [0.2, 0.25) is 5.91 Å². The molecule has 0 unspecified atom stereocenters. The maximum atomic E-state index is 13.2. The largest absolute Gasteiger partial charge is 0.383 e. The van der Waals surface area contributed by atoms with Crippen LogP contribution in [0.4, 0.5) is 10.1 Å². The number of nitrogens with one attached hydrogen (secondary N) is 2. The van der Waals surface area contributed by atoms with Crippen molar-refractivity contribution < 1.29 is 13.9 Å². The number of carbonyl (C=O) groups is 1. The number of hydrogen-bond acceptors (Lipinski definition) is 4. The van der Waals surface area contributed by atoms with Crippen molar-refractivity contribution >= 4 is 11.6 Å². The third-order valence-corrected chi connectivity index (χ3v) is 5.72. The Kier molecular flexibility index (Phi) is 8.85. The molecule has 31 heavy (non-hydrogen) atoms. The van der Waals surface area contributed by atoms with Gasteiger partial charge in [0.05, 0.1) is 13.0 Å². The zero-order valence-corrected chi connectivity index (χ0v) is 18.6. The summed E-state index contributed by atoms with van der Waals surface area (Å²) in [6.07, 6.45) is 3.21. The summed E-state index contributed by atoms with van der Waals surface area (Å²) in [5, 5.41) is 6.56. The number of halogens is 1. The summed E-state index contributed by atoms with van der Waals surface area (Å²) in [6.45, 7) is 5.45. The lowest BCUT2D eigenvalue weighted by molar-refractivity contribution is -0.120. The van der Waals surface area contributed by atoms with Crippen molar-refractivity contribution in [2.45, 2.75) is 44.7 Å². The van der Waals surface area contributed by atoms with Crippen LogP contribution in [0.2, 0.25) is 0 Å². The van der Waals surface area contributed by atoms with Gasteiger partial charge in [0, 0.05) is 44.5 Å². The Morgan fingerprint density at radius 2 is 1.90 bits per heavy atom. The van der Waals surface area contributed by atoms with Crippen molar-refractivity contribution in [3.63, 3.8) is 0 Å². The zero-order chi connectivity index (χ0) is 22.1. The molecule has 2 aromatic rings. The highest BCUT2D eigenvalue weighted by molar-refractivity contribution is 5.78. The Labute approximate surface area is 185 Å². The van der Waals surface area contributed by atoms with Gasteiger partial charge in [0.15, 0.2) is 0 Å². The normalized spacial score (nSPS) is 15.6. The van der Waals surface area contributed by atoms with E-state index < -0.39 is 0 Å². The number of anilines is 1. The second kappa shape index (κ2) is 11.8. The number of piperidine rings is 1. The van der Waals surface area contributed by atoms with Crippen molar-refractivity contribution in [3.8, 4) is 0 Å². The predicted molar refractivity (Wildman–Crippen MR) is 123 cm³/mol. The van der Waals surface area contributed by atoms with Crippen LogP contribution in [0.15, 0.2) is 48.5 Å². The van der Waals surface area contributed by atoms with E-state index in [1.807, 2.05) is 18.2 Å². The first-order valence-electron chi connectivity index (χ1n) is 11.1. The van der Waals surface area contributed by atoms with Gasteiger partial charge in [0.25, 0.3) is 0 Å². The average Bonchev–Trinajstić information content (AvgIpc) is 2.75. The van der Waals surface area contributed by atoms with Gasteiger partial charge in [-0.15, -0.1) is 0 Å². The van der Waals surface area contributed by atoms with E-state index >= 15 is 0 Å². The molecule has 1 fully saturated rings. The molecule has 1 heterocycles. The van der Waals surface area contributed by atoms with E-state index in [1.165, 1.54) is 17.8 Å². The Bertz CT molecular complexity index is 820. The fourth-order valence-corrected chi connectivity index (χ4v) is 4.12. The van der Waals surface area contributed by atoms with Gasteiger partial charge in [0.1, 0.15) is 5.82 Å². The minimum atomic E-state index is -0.245. The van der Waals surface area contributed by atoms with E-state index in [2.05, 4.69) is 34.6 Å². The predicted octanol–water partition coefficient (Wildman–Crippen LogP) is 3.32. The number of amides is 1. The second-order valence-electron chi connectivity index (χ2n) is 8.36. The molecule has 1 saturated heterocycles. The fraction of sp³-hybridized carbons (Fsp3) is 0.480. The molecule has 0 saturated carbocycles. The first-order valence-corrected chi connectivity index (χ1v) is 11.1. The molecule has 1 atom stereocenters. The van der Waals surface area contributed by atoms with Crippen LogP contribution < -0.4 is 15.5 Å². The Balaban J connectivity index is 1.39. The highest BCUT2D eigenvalue weighted by Gasteiger charge is 2.20. The third-order valence-electron chi connectivity index (χ3n) is 5.72. The molecule has 1 aliphatic rings. The van der Waals surface area contributed by atoms with E-state index in [1.54, 1.807) is 13.2 Å². The van der Waals surface area contributed by atoms with Gasteiger partial charge in [-0.05, 0) is 61.6 Å². The average molecular weight is 428 g/mol. The number of rotatable bonds is 10. The van der Waals surface area contributed by atoms with E-state index in [0.717, 1.165) is 43.7 Å². The van der Waals surface area contributed by atoms with Gasteiger partial charge in [-0.2, -0.15) is 0 Å². The topological polar surface area (TPSA) is 53.6 Å². The lowest BCUT2D eigenvalue weighted by Gasteiger charge is -2.35. The van der Waals surface area contributed by atoms with E-state index in [9.17, 15) is 9.18 Å². The molecule has 2 aromatic carbocycles. The van der Waals surface area contributed by atoms with Crippen molar-refractivity contribution in [3.05, 3.63) is 65.5 Å². The Morgan fingerprint density at radius 3 is 2.58 bits per heavy atom. The molecule has 5 nitrogen and oxygen atoms in total. The van der Waals surface area contributed by atoms with Gasteiger partial charge in [-0.25, -0.2) is 4.39 Å². The van der Waals surface area contributed by atoms with Crippen LogP contribution in [0.1, 0.15) is 30.9 Å². The molecule has 0 radical (unpaired) electrons. The highest BCUT2D eigenvalue weighted by atomic mass is 19.1. The van der Waals surface area contributed by atoms with Crippen LogP contribution in [-0.4, -0.2) is 51.3 Å². The summed E-state index contributed by atoms with van der Waals surface area (Å²) < 4.78 is 18.4. The second-order valence-corrected chi connectivity index (χ2v) is 8.36. The monoisotopic (exact) mass is 427 g/mol. The summed E-state index contributed by atoms with van der Waals surface area (Å²) in [5.74, 6) is -0.258. The van der Waals surface area contributed by atoms with Crippen LogP contribution in [0.3, 0.4) is 0 Å². The van der Waals surface area contributed by atoms with Crippen molar-refractivity contribution in [2.75, 3.05) is 38.3 Å². The summed E-state index contributed by atoms with van der Waals surface area (Å²) >= 11 is 0. The maximum Gasteiger partial charge on any atom is 0.224 e. The number of methoxy groups -OCH3 is 1. The lowest BCUT2D eigenvalue weighted by Crippen LogP contribution is -2.46. The number of ether oxygens (including phenoxy) is 1. The summed E-state index contributed by atoms with van der Waals surface area (Å²) in [6, 6.07) is 15.7. The van der Waals surface area contributed by atoms with E-state index in [0.29, 0.717) is 31.5 Å². The van der Waals surface area contributed by atoms with Crippen LogP contribution >= 0.6 is 0 Å². The van der Waals surface area contributed by atoms with Gasteiger partial charge >= 0.3 is 0 Å². The molecule has 0 aliphatic carbocycles. The van der Waals surface area contributed by atoms with Crippen LogP contribution in [0, 0.1) is 5.82 Å².